The lowest BCUT2D eigenvalue weighted by Gasteiger charge is -2.27. The first-order valence-corrected chi connectivity index (χ1v) is 9.72. The van der Waals surface area contributed by atoms with Crippen LogP contribution in [-0.2, 0) is 25.9 Å². The van der Waals surface area contributed by atoms with E-state index in [2.05, 4.69) is 0 Å². The molecular weight excluding hydrogens is 346 g/mol. The van der Waals surface area contributed by atoms with Gasteiger partial charge in [0.05, 0.1) is 10.8 Å². The van der Waals surface area contributed by atoms with Gasteiger partial charge in [0.1, 0.15) is 5.25 Å². The number of aromatic carboxylic acids is 1. The van der Waals surface area contributed by atoms with Crippen LogP contribution in [0.2, 0.25) is 0 Å². The van der Waals surface area contributed by atoms with Crippen LogP contribution in [0.15, 0.2) is 24.3 Å². The third kappa shape index (κ3) is 4.58. The predicted molar refractivity (Wildman–Crippen MR) is 92.1 cm³/mol. The molecule has 1 aromatic carbocycles. The number of hydrogen-bond acceptors (Lipinski definition) is 5. The quantitative estimate of drug-likeness (QED) is 0.812. The molecule has 0 aromatic heterocycles. The highest BCUT2D eigenvalue weighted by Gasteiger charge is 2.37. The van der Waals surface area contributed by atoms with Crippen molar-refractivity contribution < 1.29 is 27.9 Å². The van der Waals surface area contributed by atoms with Gasteiger partial charge < -0.3 is 14.7 Å². The Bertz CT molecular complexity index is 722. The van der Waals surface area contributed by atoms with E-state index >= 15 is 0 Å². The lowest BCUT2D eigenvalue weighted by atomic mass is 10.1. The molecule has 1 heterocycles. The summed E-state index contributed by atoms with van der Waals surface area (Å²) >= 11 is 0. The van der Waals surface area contributed by atoms with Crippen LogP contribution in [-0.4, -0.2) is 61.1 Å². The minimum atomic E-state index is -3.57. The topological polar surface area (TPSA) is 101 Å². The Kier molecular flexibility index (Phi) is 6.18. The number of ether oxygens (including phenoxy) is 1. The molecule has 8 heteroatoms. The molecule has 0 aliphatic carbocycles. The van der Waals surface area contributed by atoms with Crippen molar-refractivity contribution in [3.8, 4) is 0 Å². The summed E-state index contributed by atoms with van der Waals surface area (Å²) in [6, 6.07) is 6.14. The fourth-order valence-corrected chi connectivity index (χ4v) is 4.74. The summed E-state index contributed by atoms with van der Waals surface area (Å²) in [6.45, 7) is 2.44. The summed E-state index contributed by atoms with van der Waals surface area (Å²) in [6.07, 6.45) is 0.834. The molecule has 2 rings (SSSR count). The van der Waals surface area contributed by atoms with Crippen molar-refractivity contribution in [1.82, 2.24) is 4.90 Å². The molecule has 1 N–H and O–H groups in total. The average Bonchev–Trinajstić information content (AvgIpc) is 2.61. The number of hydrogen-bond donors (Lipinski definition) is 1. The molecule has 1 fully saturated rings. The zero-order chi connectivity index (χ0) is 18.6. The first-order chi connectivity index (χ1) is 11.7. The van der Waals surface area contributed by atoms with Gasteiger partial charge in [0.25, 0.3) is 0 Å². The van der Waals surface area contributed by atoms with Crippen molar-refractivity contribution in [2.24, 2.45) is 0 Å². The molecule has 0 bridgehead atoms. The van der Waals surface area contributed by atoms with Crippen LogP contribution in [0.5, 0.6) is 0 Å². The Labute approximate surface area is 147 Å². The number of carbonyl (C=O) groups is 2. The van der Waals surface area contributed by atoms with Gasteiger partial charge >= 0.3 is 5.97 Å². The zero-order valence-corrected chi connectivity index (χ0v) is 15.2. The highest BCUT2D eigenvalue weighted by atomic mass is 32.2. The average molecular weight is 369 g/mol. The van der Waals surface area contributed by atoms with Gasteiger partial charge in [-0.2, -0.15) is 0 Å². The molecule has 1 atom stereocenters. The second kappa shape index (κ2) is 7.97. The Morgan fingerprint density at radius 3 is 2.32 bits per heavy atom. The largest absolute Gasteiger partial charge is 0.478 e. The summed E-state index contributed by atoms with van der Waals surface area (Å²) in [4.78, 5) is 24.7. The molecule has 1 unspecified atom stereocenters. The summed E-state index contributed by atoms with van der Waals surface area (Å²) in [5.74, 6) is -1.49. The van der Waals surface area contributed by atoms with Gasteiger partial charge in [0.15, 0.2) is 9.84 Å². The van der Waals surface area contributed by atoms with Crippen LogP contribution >= 0.6 is 0 Å². The van der Waals surface area contributed by atoms with Gasteiger partial charge in [-0.25, -0.2) is 13.2 Å². The zero-order valence-electron chi connectivity index (χ0n) is 14.3. The number of carbonyl (C=O) groups excluding carboxylic acids is 1. The molecule has 1 aliphatic heterocycles. The van der Waals surface area contributed by atoms with Crippen LogP contribution in [0.4, 0.5) is 0 Å². The van der Waals surface area contributed by atoms with Crippen molar-refractivity contribution in [3.05, 3.63) is 35.4 Å². The summed E-state index contributed by atoms with van der Waals surface area (Å²) in [5, 5.41) is 7.24. The Hall–Kier alpha value is -1.93. The van der Waals surface area contributed by atoms with Gasteiger partial charge in [-0.15, -0.1) is 0 Å². The first kappa shape index (κ1) is 19.4. The molecule has 0 saturated carbocycles. The molecule has 1 aromatic rings. The van der Waals surface area contributed by atoms with Crippen molar-refractivity contribution in [2.45, 2.75) is 36.8 Å². The van der Waals surface area contributed by atoms with Crippen LogP contribution < -0.4 is 0 Å². The molecule has 25 heavy (non-hydrogen) atoms. The standard InChI is InChI=1S/C17H23NO6S/c1-12(25(22,23)15-7-9-24-10-8-15)16(19)18(2)11-13-3-5-14(6-4-13)17(20)21/h3-6,12,15H,7-11H2,1-2H3,(H,20,21). The molecule has 1 saturated heterocycles. The van der Waals surface area contributed by atoms with E-state index in [9.17, 15) is 18.0 Å². The number of rotatable bonds is 6. The van der Waals surface area contributed by atoms with E-state index in [-0.39, 0.29) is 12.1 Å². The maximum absolute atomic E-state index is 12.6. The van der Waals surface area contributed by atoms with Gasteiger partial charge in [-0.3, -0.25) is 4.79 Å². The van der Waals surface area contributed by atoms with E-state index in [1.165, 1.54) is 24.0 Å². The van der Waals surface area contributed by atoms with E-state index in [0.717, 1.165) is 5.56 Å². The number of benzene rings is 1. The highest BCUT2D eigenvalue weighted by Crippen LogP contribution is 2.21. The molecular formula is C17H23NO6S. The third-order valence-electron chi connectivity index (χ3n) is 4.47. The number of nitrogens with zero attached hydrogens (tertiary/aromatic N) is 1. The molecule has 7 nitrogen and oxygen atoms in total. The minimum absolute atomic E-state index is 0.160. The number of amides is 1. The smallest absolute Gasteiger partial charge is 0.335 e. The Balaban J connectivity index is 2.04. The fraction of sp³-hybridized carbons (Fsp3) is 0.529. The molecule has 0 spiro atoms. The van der Waals surface area contributed by atoms with Crippen LogP contribution in [0.25, 0.3) is 0 Å². The molecule has 138 valence electrons. The molecule has 0 radical (unpaired) electrons. The first-order valence-electron chi connectivity index (χ1n) is 8.11. The van der Waals surface area contributed by atoms with Gasteiger partial charge in [0, 0.05) is 26.8 Å². The van der Waals surface area contributed by atoms with Crippen molar-refractivity contribution in [1.29, 1.82) is 0 Å². The van der Waals surface area contributed by atoms with Gasteiger partial charge in [-0.05, 0) is 37.5 Å². The van der Waals surface area contributed by atoms with E-state index in [0.29, 0.717) is 26.1 Å². The Morgan fingerprint density at radius 1 is 1.24 bits per heavy atom. The van der Waals surface area contributed by atoms with E-state index in [1.807, 2.05) is 0 Å². The van der Waals surface area contributed by atoms with E-state index < -0.39 is 32.2 Å². The predicted octanol–water partition coefficient (Wildman–Crippen LogP) is 1.33. The monoisotopic (exact) mass is 369 g/mol. The number of sulfone groups is 1. The van der Waals surface area contributed by atoms with Crippen molar-refractivity contribution in [2.75, 3.05) is 20.3 Å². The normalized spacial score (nSPS) is 17.0. The summed E-state index contributed by atoms with van der Waals surface area (Å²) in [5.41, 5.74) is 0.893. The minimum Gasteiger partial charge on any atom is -0.478 e. The molecule has 1 aliphatic rings. The fourth-order valence-electron chi connectivity index (χ4n) is 2.85. The lowest BCUT2D eigenvalue weighted by Crippen LogP contribution is -2.44. The van der Waals surface area contributed by atoms with Gasteiger partial charge in [0.2, 0.25) is 5.91 Å². The second-order valence-electron chi connectivity index (χ2n) is 6.24. The van der Waals surface area contributed by atoms with E-state index in [1.54, 1.807) is 19.2 Å². The SMILES string of the molecule is CC(C(=O)N(C)Cc1ccc(C(=O)O)cc1)S(=O)(=O)C1CCOCC1. The van der Waals surface area contributed by atoms with Crippen LogP contribution in [0.3, 0.4) is 0 Å². The maximum atomic E-state index is 12.6. The number of carboxylic acid groups (broad SMARTS) is 1. The van der Waals surface area contributed by atoms with E-state index in [4.69, 9.17) is 9.84 Å². The van der Waals surface area contributed by atoms with Crippen molar-refractivity contribution in [3.63, 3.8) is 0 Å². The lowest BCUT2D eigenvalue weighted by molar-refractivity contribution is -0.129. The van der Waals surface area contributed by atoms with Gasteiger partial charge in [-0.1, -0.05) is 12.1 Å². The maximum Gasteiger partial charge on any atom is 0.335 e. The number of carboxylic acids is 1. The Morgan fingerprint density at radius 2 is 1.80 bits per heavy atom. The van der Waals surface area contributed by atoms with Crippen LogP contribution in [0.1, 0.15) is 35.7 Å². The summed E-state index contributed by atoms with van der Waals surface area (Å²) < 4.78 is 30.5. The molecule has 1 amide bonds. The van der Waals surface area contributed by atoms with Crippen molar-refractivity contribution >= 4 is 21.7 Å². The summed E-state index contributed by atoms with van der Waals surface area (Å²) in [7, 11) is -2.02. The second-order valence-corrected chi connectivity index (χ2v) is 8.79. The highest BCUT2D eigenvalue weighted by molar-refractivity contribution is 7.93. The third-order valence-corrected chi connectivity index (χ3v) is 7.06. The van der Waals surface area contributed by atoms with Crippen LogP contribution in [0, 0.1) is 0 Å².